The Morgan fingerprint density at radius 2 is 1.38 bits per heavy atom. The molecule has 1 amide bonds. The van der Waals surface area contributed by atoms with Crippen molar-refractivity contribution in [1.29, 1.82) is 0 Å². The number of halogens is 1. The van der Waals surface area contributed by atoms with E-state index >= 15 is 0 Å². The van der Waals surface area contributed by atoms with E-state index in [9.17, 15) is 9.59 Å². The van der Waals surface area contributed by atoms with E-state index in [-0.39, 0.29) is 31.3 Å². The van der Waals surface area contributed by atoms with Gasteiger partial charge in [0.1, 0.15) is 0 Å². The van der Waals surface area contributed by atoms with E-state index in [1.54, 1.807) is 0 Å². The van der Waals surface area contributed by atoms with Crippen molar-refractivity contribution in [2.45, 2.75) is 32.1 Å². The maximum Gasteiger partial charge on any atom is 0.345 e. The third kappa shape index (κ3) is 8.14. The van der Waals surface area contributed by atoms with Crippen molar-refractivity contribution in [2.75, 3.05) is 6.54 Å². The van der Waals surface area contributed by atoms with Crippen molar-refractivity contribution < 1.29 is 14.4 Å². The Labute approximate surface area is 160 Å². The molecule has 26 heavy (non-hydrogen) atoms. The van der Waals surface area contributed by atoms with Gasteiger partial charge in [0.05, 0.1) is 13.0 Å². The van der Waals surface area contributed by atoms with Crippen LogP contribution in [0.25, 0.3) is 0 Å². The number of unbranched alkanes of at least 4 members (excludes halogenated alkanes) is 1. The molecule has 0 aliphatic rings. The predicted octanol–water partition coefficient (Wildman–Crippen LogP) is 2.75. The van der Waals surface area contributed by atoms with Crippen LogP contribution in [0, 0.1) is 0 Å². The van der Waals surface area contributed by atoms with Gasteiger partial charge in [0, 0.05) is 0 Å². The number of aryl methyl sites for hydroxylation is 2. The average molecular weight is 377 g/mol. The number of carbonyl (C=O) groups excluding carboxylic acids is 2. The number of amides is 1. The molecule has 0 aliphatic carbocycles. The van der Waals surface area contributed by atoms with Crippen LogP contribution >= 0.6 is 12.4 Å². The van der Waals surface area contributed by atoms with Crippen LogP contribution in [0.1, 0.15) is 29.5 Å². The lowest BCUT2D eigenvalue weighted by Gasteiger charge is -2.06. The van der Waals surface area contributed by atoms with Crippen molar-refractivity contribution in [3.8, 4) is 0 Å². The molecule has 0 fully saturated rings. The summed E-state index contributed by atoms with van der Waals surface area (Å²) in [5.41, 5.74) is 10.7. The molecule has 2 rings (SSSR count). The van der Waals surface area contributed by atoms with E-state index in [0.717, 1.165) is 31.2 Å². The number of carbonyl (C=O) groups is 2. The van der Waals surface area contributed by atoms with Gasteiger partial charge in [0.2, 0.25) is 0 Å². The number of benzene rings is 2. The van der Waals surface area contributed by atoms with E-state index in [1.165, 1.54) is 11.1 Å². The Balaban J connectivity index is 0.00000338. The highest BCUT2D eigenvalue weighted by Crippen LogP contribution is 2.11. The molecule has 5 nitrogen and oxygen atoms in total. The van der Waals surface area contributed by atoms with Gasteiger partial charge in [0.25, 0.3) is 5.91 Å². The normalized spacial score (nSPS) is 9.88. The van der Waals surface area contributed by atoms with Crippen LogP contribution < -0.4 is 11.2 Å². The number of rotatable bonds is 8. The minimum absolute atomic E-state index is 0. The number of nitrogens with two attached hydrogens (primary N) is 1. The first-order valence-corrected chi connectivity index (χ1v) is 8.47. The van der Waals surface area contributed by atoms with Gasteiger partial charge in [-0.1, -0.05) is 54.6 Å². The smallest absolute Gasteiger partial charge is 0.339 e. The number of hydrogen-bond acceptors (Lipinski definition) is 4. The second kappa shape index (κ2) is 12.1. The average Bonchev–Trinajstić information content (AvgIpc) is 2.65. The Bertz CT molecular complexity index is 675. The summed E-state index contributed by atoms with van der Waals surface area (Å²) < 4.78 is 0. The topological polar surface area (TPSA) is 81.4 Å². The fraction of sp³-hybridized carbons (Fsp3) is 0.300. The van der Waals surface area contributed by atoms with Crippen LogP contribution in [0.15, 0.2) is 54.6 Å². The lowest BCUT2D eigenvalue weighted by atomic mass is 10.0. The molecule has 0 aliphatic heterocycles. The van der Waals surface area contributed by atoms with Crippen LogP contribution in [-0.4, -0.2) is 18.4 Å². The van der Waals surface area contributed by atoms with Crippen LogP contribution in [-0.2, 0) is 33.7 Å². The van der Waals surface area contributed by atoms with Gasteiger partial charge in [-0.3, -0.25) is 4.79 Å². The maximum absolute atomic E-state index is 11.6. The minimum Gasteiger partial charge on any atom is -0.339 e. The van der Waals surface area contributed by atoms with E-state index in [2.05, 4.69) is 34.6 Å². The number of nitrogens with one attached hydrogen (secondary N) is 1. The van der Waals surface area contributed by atoms with Gasteiger partial charge < -0.3 is 10.6 Å². The van der Waals surface area contributed by atoms with Gasteiger partial charge in [-0.05, 0) is 42.4 Å². The van der Waals surface area contributed by atoms with Crippen LogP contribution in [0.4, 0.5) is 0 Å². The molecule has 0 bridgehead atoms. The summed E-state index contributed by atoms with van der Waals surface area (Å²) in [6.07, 6.45) is 4.56. The summed E-state index contributed by atoms with van der Waals surface area (Å²) >= 11 is 0. The third-order valence-corrected chi connectivity index (χ3v) is 3.86. The van der Waals surface area contributed by atoms with E-state index < -0.39 is 5.97 Å². The van der Waals surface area contributed by atoms with Crippen molar-refractivity contribution in [2.24, 2.45) is 5.73 Å². The van der Waals surface area contributed by atoms with E-state index in [0.29, 0.717) is 0 Å². The molecule has 0 saturated heterocycles. The minimum atomic E-state index is -0.667. The van der Waals surface area contributed by atoms with Crippen molar-refractivity contribution in [3.05, 3.63) is 71.3 Å². The highest BCUT2D eigenvalue weighted by molar-refractivity contribution is 5.85. The number of hydrogen-bond donors (Lipinski definition) is 2. The molecule has 0 aromatic heterocycles. The molecule has 0 heterocycles. The second-order valence-corrected chi connectivity index (χ2v) is 5.89. The van der Waals surface area contributed by atoms with Gasteiger partial charge in [-0.25, -0.2) is 4.79 Å². The van der Waals surface area contributed by atoms with E-state index in [1.807, 2.05) is 30.3 Å². The van der Waals surface area contributed by atoms with Crippen molar-refractivity contribution in [3.63, 3.8) is 0 Å². The summed E-state index contributed by atoms with van der Waals surface area (Å²) in [6.45, 7) is -0.265. The molecule has 0 unspecified atom stereocenters. The van der Waals surface area contributed by atoms with Gasteiger partial charge in [-0.15, -0.1) is 12.4 Å². The molecule has 2 aromatic rings. The molecule has 140 valence electrons. The first-order chi connectivity index (χ1) is 12.2. The quantitative estimate of drug-likeness (QED) is 0.548. The maximum atomic E-state index is 11.6. The monoisotopic (exact) mass is 376 g/mol. The number of hydroxylamine groups is 1. The Kier molecular flexibility index (Phi) is 10.1. The first-order valence-electron chi connectivity index (χ1n) is 8.47. The van der Waals surface area contributed by atoms with Crippen LogP contribution in [0.2, 0.25) is 0 Å². The molecule has 0 radical (unpaired) electrons. The summed E-state index contributed by atoms with van der Waals surface area (Å²) in [7, 11) is 0. The summed E-state index contributed by atoms with van der Waals surface area (Å²) in [5.74, 6) is -1.04. The zero-order valence-corrected chi connectivity index (χ0v) is 15.5. The molecule has 2 aromatic carbocycles. The Morgan fingerprint density at radius 3 is 1.96 bits per heavy atom. The summed E-state index contributed by atoms with van der Waals surface area (Å²) in [6, 6.07) is 18.4. The standard InChI is InChI=1S/C20H24N2O3.ClH/c21-15-20(24)25-22-19(23)14-18-12-10-17(11-13-18)9-5-4-8-16-6-2-1-3-7-16;/h1-3,6-7,10-13H,4-5,8-9,14-15,21H2,(H,22,23);1H. The third-order valence-electron chi connectivity index (χ3n) is 3.86. The molecule has 0 spiro atoms. The SMILES string of the molecule is Cl.NCC(=O)ONC(=O)Cc1ccc(CCCCc2ccccc2)cc1. The lowest BCUT2D eigenvalue weighted by molar-refractivity contribution is -0.156. The Morgan fingerprint density at radius 1 is 0.846 bits per heavy atom. The lowest BCUT2D eigenvalue weighted by Crippen LogP contribution is -2.31. The molecular formula is C20H25ClN2O3. The van der Waals surface area contributed by atoms with Gasteiger partial charge in [-0.2, -0.15) is 5.48 Å². The van der Waals surface area contributed by atoms with Crippen molar-refractivity contribution >= 4 is 24.3 Å². The second-order valence-electron chi connectivity index (χ2n) is 5.89. The fourth-order valence-electron chi connectivity index (χ4n) is 2.50. The summed E-state index contributed by atoms with van der Waals surface area (Å²) in [4.78, 5) is 27.0. The van der Waals surface area contributed by atoms with Crippen LogP contribution in [0.5, 0.6) is 0 Å². The predicted molar refractivity (Wildman–Crippen MR) is 104 cm³/mol. The van der Waals surface area contributed by atoms with Gasteiger partial charge in [0.15, 0.2) is 0 Å². The highest BCUT2D eigenvalue weighted by Gasteiger charge is 2.06. The largest absolute Gasteiger partial charge is 0.345 e. The molecule has 0 saturated carbocycles. The van der Waals surface area contributed by atoms with Crippen molar-refractivity contribution in [1.82, 2.24) is 5.48 Å². The van der Waals surface area contributed by atoms with Gasteiger partial charge >= 0.3 is 5.97 Å². The molecule has 0 atom stereocenters. The molecule has 6 heteroatoms. The summed E-state index contributed by atoms with van der Waals surface area (Å²) in [5, 5.41) is 0. The molecule has 3 N–H and O–H groups in total. The van der Waals surface area contributed by atoms with E-state index in [4.69, 9.17) is 5.73 Å². The zero-order valence-electron chi connectivity index (χ0n) is 14.6. The first kappa shape index (κ1) is 21.7. The molecular weight excluding hydrogens is 352 g/mol. The fourth-order valence-corrected chi connectivity index (χ4v) is 2.50. The highest BCUT2D eigenvalue weighted by atomic mass is 35.5. The zero-order chi connectivity index (χ0) is 17.9. The Hall–Kier alpha value is -2.37. The van der Waals surface area contributed by atoms with Crippen LogP contribution in [0.3, 0.4) is 0 Å².